The lowest BCUT2D eigenvalue weighted by molar-refractivity contribution is 0.0185. The highest BCUT2D eigenvalue weighted by Crippen LogP contribution is 2.17. The molecule has 4 nitrogen and oxygen atoms in total. The molecule has 0 aromatic rings. The van der Waals surface area contributed by atoms with E-state index >= 15 is 0 Å². The number of hydrogen-bond donors (Lipinski definition) is 1. The summed E-state index contributed by atoms with van der Waals surface area (Å²) < 4.78 is 5.44. The van der Waals surface area contributed by atoms with E-state index in [1.807, 2.05) is 0 Å². The van der Waals surface area contributed by atoms with E-state index in [0.717, 1.165) is 32.3 Å². The van der Waals surface area contributed by atoms with Gasteiger partial charge in [0.05, 0.1) is 13.2 Å². The minimum absolute atomic E-state index is 0.794. The molecule has 1 unspecified atom stereocenters. The molecule has 0 aromatic carbocycles. The van der Waals surface area contributed by atoms with Crippen molar-refractivity contribution in [1.29, 1.82) is 0 Å². The molecule has 0 spiro atoms. The van der Waals surface area contributed by atoms with Gasteiger partial charge in [-0.1, -0.05) is 6.92 Å². The van der Waals surface area contributed by atoms with Gasteiger partial charge in [0.2, 0.25) is 0 Å². The molecule has 2 rings (SSSR count). The highest BCUT2D eigenvalue weighted by Gasteiger charge is 2.28. The number of nitrogens with zero attached hydrogens (tertiary/aromatic N) is 2. The maximum absolute atomic E-state index is 5.44. The van der Waals surface area contributed by atoms with Gasteiger partial charge in [-0.15, -0.1) is 0 Å². The van der Waals surface area contributed by atoms with Crippen LogP contribution in [0.4, 0.5) is 0 Å². The molecule has 2 fully saturated rings. The fourth-order valence-corrected chi connectivity index (χ4v) is 3.14. The van der Waals surface area contributed by atoms with Gasteiger partial charge < -0.3 is 15.0 Å². The number of likely N-dealkylation sites (tertiary alicyclic amines) is 1. The second kappa shape index (κ2) is 8.90. The van der Waals surface area contributed by atoms with Crippen molar-refractivity contribution in [2.75, 3.05) is 59.0 Å². The molecule has 1 atom stereocenters. The topological polar surface area (TPSA) is 27.7 Å². The van der Waals surface area contributed by atoms with Crippen LogP contribution in [0.25, 0.3) is 0 Å². The fourth-order valence-electron chi connectivity index (χ4n) is 3.14. The smallest absolute Gasteiger partial charge is 0.0594 e. The van der Waals surface area contributed by atoms with Crippen LogP contribution < -0.4 is 5.32 Å². The predicted molar refractivity (Wildman–Crippen MR) is 79.6 cm³/mol. The van der Waals surface area contributed by atoms with Crippen molar-refractivity contribution in [3.8, 4) is 0 Å². The van der Waals surface area contributed by atoms with Crippen molar-refractivity contribution >= 4 is 0 Å². The highest BCUT2D eigenvalue weighted by atomic mass is 16.5. The van der Waals surface area contributed by atoms with Gasteiger partial charge in [0, 0.05) is 25.7 Å². The van der Waals surface area contributed by atoms with Crippen molar-refractivity contribution in [1.82, 2.24) is 15.1 Å². The van der Waals surface area contributed by atoms with E-state index < -0.39 is 0 Å². The lowest BCUT2D eigenvalue weighted by Crippen LogP contribution is -2.44. The van der Waals surface area contributed by atoms with E-state index in [4.69, 9.17) is 4.74 Å². The van der Waals surface area contributed by atoms with Crippen molar-refractivity contribution in [3.63, 3.8) is 0 Å². The van der Waals surface area contributed by atoms with Crippen LogP contribution in [0, 0.1) is 0 Å². The number of unbranched alkanes of at least 4 members (excludes halogenated alkanes) is 1. The second-order valence-corrected chi connectivity index (χ2v) is 5.85. The zero-order valence-electron chi connectivity index (χ0n) is 12.6. The summed E-state index contributed by atoms with van der Waals surface area (Å²) in [6, 6.07) is 0.794. The normalized spacial score (nSPS) is 26.1. The summed E-state index contributed by atoms with van der Waals surface area (Å²) in [7, 11) is 0. The van der Waals surface area contributed by atoms with Crippen LogP contribution in [0.2, 0.25) is 0 Å². The first-order valence-corrected chi connectivity index (χ1v) is 8.15. The third-order valence-electron chi connectivity index (χ3n) is 4.31. The van der Waals surface area contributed by atoms with Crippen LogP contribution in [0.5, 0.6) is 0 Å². The molecule has 112 valence electrons. The molecule has 0 bridgehead atoms. The molecule has 2 aliphatic heterocycles. The van der Waals surface area contributed by atoms with Crippen LogP contribution in [0.1, 0.15) is 32.6 Å². The zero-order valence-corrected chi connectivity index (χ0v) is 12.6. The standard InChI is InChI=1S/C15H31N3O/c1-2-6-16-7-3-4-8-17-9-5-15(14-17)18-10-12-19-13-11-18/h15-16H,2-14H2,1H3. The Kier molecular flexibility index (Phi) is 7.14. The van der Waals surface area contributed by atoms with Crippen molar-refractivity contribution < 1.29 is 4.74 Å². The predicted octanol–water partition coefficient (Wildman–Crippen LogP) is 1.17. The molecular weight excluding hydrogens is 238 g/mol. The summed E-state index contributed by atoms with van der Waals surface area (Å²) in [5.74, 6) is 0. The lowest BCUT2D eigenvalue weighted by Gasteiger charge is -2.32. The second-order valence-electron chi connectivity index (χ2n) is 5.85. The SMILES string of the molecule is CCCNCCCCN1CCC(N2CCOCC2)C1. The molecule has 4 heteroatoms. The van der Waals surface area contributed by atoms with Gasteiger partial charge >= 0.3 is 0 Å². The number of morpholine rings is 1. The van der Waals surface area contributed by atoms with Gasteiger partial charge in [0.1, 0.15) is 0 Å². The van der Waals surface area contributed by atoms with E-state index in [0.29, 0.717) is 0 Å². The monoisotopic (exact) mass is 269 g/mol. The van der Waals surface area contributed by atoms with Crippen molar-refractivity contribution in [2.24, 2.45) is 0 Å². The molecular formula is C15H31N3O. The summed E-state index contributed by atoms with van der Waals surface area (Å²) in [6.07, 6.45) is 5.26. The third-order valence-corrected chi connectivity index (χ3v) is 4.31. The third kappa shape index (κ3) is 5.38. The Labute approximate surface area is 118 Å². The Morgan fingerprint density at radius 3 is 2.74 bits per heavy atom. The maximum atomic E-state index is 5.44. The van der Waals surface area contributed by atoms with Crippen LogP contribution in [-0.2, 0) is 4.74 Å². The molecule has 1 N–H and O–H groups in total. The number of nitrogens with one attached hydrogen (secondary N) is 1. The molecule has 0 saturated carbocycles. The Morgan fingerprint density at radius 2 is 1.95 bits per heavy atom. The molecule has 2 heterocycles. The summed E-state index contributed by atoms with van der Waals surface area (Å²) in [5.41, 5.74) is 0. The molecule has 0 radical (unpaired) electrons. The molecule has 19 heavy (non-hydrogen) atoms. The molecule has 2 saturated heterocycles. The summed E-state index contributed by atoms with van der Waals surface area (Å²) in [6.45, 7) is 12.6. The first-order chi connectivity index (χ1) is 9.40. The number of rotatable bonds is 8. The molecule has 0 amide bonds. The molecule has 0 aliphatic carbocycles. The van der Waals surface area contributed by atoms with E-state index in [-0.39, 0.29) is 0 Å². The van der Waals surface area contributed by atoms with E-state index in [9.17, 15) is 0 Å². The first kappa shape index (κ1) is 15.2. The van der Waals surface area contributed by atoms with Gasteiger partial charge in [-0.2, -0.15) is 0 Å². The Morgan fingerprint density at radius 1 is 1.11 bits per heavy atom. The molecule has 2 aliphatic rings. The quantitative estimate of drug-likeness (QED) is 0.670. The number of ether oxygens (including phenoxy) is 1. The van der Waals surface area contributed by atoms with Crippen molar-refractivity contribution in [2.45, 2.75) is 38.6 Å². The van der Waals surface area contributed by atoms with Crippen LogP contribution >= 0.6 is 0 Å². The van der Waals surface area contributed by atoms with Gasteiger partial charge in [-0.3, -0.25) is 4.90 Å². The Balaban J connectivity index is 1.52. The molecule has 0 aromatic heterocycles. The maximum Gasteiger partial charge on any atom is 0.0594 e. The summed E-state index contributed by atoms with van der Waals surface area (Å²) >= 11 is 0. The van der Waals surface area contributed by atoms with Crippen LogP contribution in [0.15, 0.2) is 0 Å². The van der Waals surface area contributed by atoms with E-state index in [1.54, 1.807) is 0 Å². The largest absolute Gasteiger partial charge is 0.379 e. The summed E-state index contributed by atoms with van der Waals surface area (Å²) in [5, 5.41) is 3.48. The minimum atomic E-state index is 0.794. The van der Waals surface area contributed by atoms with Gasteiger partial charge in [0.25, 0.3) is 0 Å². The van der Waals surface area contributed by atoms with Crippen LogP contribution in [-0.4, -0.2) is 74.9 Å². The Hall–Kier alpha value is -0.160. The highest BCUT2D eigenvalue weighted by molar-refractivity contribution is 4.84. The van der Waals surface area contributed by atoms with E-state index in [1.165, 1.54) is 58.4 Å². The van der Waals surface area contributed by atoms with Crippen LogP contribution in [0.3, 0.4) is 0 Å². The number of hydrogen-bond acceptors (Lipinski definition) is 4. The minimum Gasteiger partial charge on any atom is -0.379 e. The van der Waals surface area contributed by atoms with Gasteiger partial charge in [0.15, 0.2) is 0 Å². The van der Waals surface area contributed by atoms with Crippen molar-refractivity contribution in [3.05, 3.63) is 0 Å². The fraction of sp³-hybridized carbons (Fsp3) is 1.00. The Bertz CT molecular complexity index is 231. The first-order valence-electron chi connectivity index (χ1n) is 8.15. The zero-order chi connectivity index (χ0) is 13.3. The van der Waals surface area contributed by atoms with Gasteiger partial charge in [-0.25, -0.2) is 0 Å². The average molecular weight is 269 g/mol. The lowest BCUT2D eigenvalue weighted by atomic mass is 10.2. The van der Waals surface area contributed by atoms with Gasteiger partial charge in [-0.05, 0) is 51.9 Å². The van der Waals surface area contributed by atoms with E-state index in [2.05, 4.69) is 22.0 Å². The average Bonchev–Trinajstić information content (AvgIpc) is 2.92. The summed E-state index contributed by atoms with van der Waals surface area (Å²) in [4.78, 5) is 5.28.